The molecule has 5 nitrogen and oxygen atoms in total. The first-order valence-electron chi connectivity index (χ1n) is 7.58. The predicted octanol–water partition coefficient (Wildman–Crippen LogP) is 3.98. The first-order valence-corrected chi connectivity index (χ1v) is 8.37. The Morgan fingerprint density at radius 3 is 2.60 bits per heavy atom. The van der Waals surface area contributed by atoms with Crippen LogP contribution in [0, 0.1) is 11.3 Å². The number of nitrogens with zero attached hydrogens (tertiary/aromatic N) is 2. The Labute approximate surface area is 152 Å². The summed E-state index contributed by atoms with van der Waals surface area (Å²) in [6, 6.07) is 13.8. The van der Waals surface area contributed by atoms with Gasteiger partial charge in [-0.25, -0.2) is 4.79 Å². The molecular formula is C19H13BrN2O3. The van der Waals surface area contributed by atoms with Crippen molar-refractivity contribution in [1.82, 2.24) is 4.40 Å². The number of esters is 1. The molecule has 0 atom stereocenters. The minimum Gasteiger partial charge on any atom is -0.462 e. The number of carbonyl (C=O) groups excluding carboxylic acids is 2. The fourth-order valence-corrected chi connectivity index (χ4v) is 2.90. The molecule has 124 valence electrons. The van der Waals surface area contributed by atoms with Gasteiger partial charge in [-0.15, -0.1) is 0 Å². The van der Waals surface area contributed by atoms with Gasteiger partial charge in [-0.1, -0.05) is 15.9 Å². The lowest BCUT2D eigenvalue weighted by molar-refractivity contribution is 0.0528. The fraction of sp³-hybridized carbons (Fsp3) is 0.105. The number of aromatic nitrogens is 1. The minimum atomic E-state index is -0.558. The highest BCUT2D eigenvalue weighted by Crippen LogP contribution is 2.24. The van der Waals surface area contributed by atoms with Gasteiger partial charge in [-0.3, -0.25) is 4.79 Å². The SMILES string of the molecule is CCOC(=O)c1cc(C(=O)c2ccc(Br)cc2)n2cccc(C#N)c12. The number of pyridine rings is 1. The second-order valence-corrected chi connectivity index (χ2v) is 6.17. The number of hydrogen-bond donors (Lipinski definition) is 0. The standard InChI is InChI=1S/C19H13BrN2O3/c1-2-25-19(24)15-10-16(18(23)12-5-7-14(20)8-6-12)22-9-3-4-13(11-21)17(15)22/h3-10H,2H2,1H3. The topological polar surface area (TPSA) is 71.6 Å². The van der Waals surface area contributed by atoms with Crippen molar-refractivity contribution in [2.75, 3.05) is 6.61 Å². The first-order chi connectivity index (χ1) is 12.1. The Kier molecular flexibility index (Phi) is 4.68. The smallest absolute Gasteiger partial charge is 0.340 e. The second-order valence-electron chi connectivity index (χ2n) is 5.25. The number of halogens is 1. The van der Waals surface area contributed by atoms with E-state index in [2.05, 4.69) is 22.0 Å². The average Bonchev–Trinajstić information content (AvgIpc) is 3.02. The van der Waals surface area contributed by atoms with Crippen LogP contribution in [0.4, 0.5) is 0 Å². The molecule has 0 aliphatic carbocycles. The largest absolute Gasteiger partial charge is 0.462 e. The van der Waals surface area contributed by atoms with E-state index in [9.17, 15) is 14.9 Å². The van der Waals surface area contributed by atoms with E-state index >= 15 is 0 Å². The molecule has 0 aliphatic heterocycles. The Balaban J connectivity index is 2.22. The van der Waals surface area contributed by atoms with Crippen LogP contribution in [0.15, 0.2) is 53.1 Å². The van der Waals surface area contributed by atoms with Crippen LogP contribution < -0.4 is 0 Å². The van der Waals surface area contributed by atoms with Crippen LogP contribution in [0.5, 0.6) is 0 Å². The quantitative estimate of drug-likeness (QED) is 0.493. The van der Waals surface area contributed by atoms with Gasteiger partial charge >= 0.3 is 5.97 Å². The molecule has 0 N–H and O–H groups in total. The van der Waals surface area contributed by atoms with E-state index < -0.39 is 5.97 Å². The lowest BCUT2D eigenvalue weighted by atomic mass is 10.1. The van der Waals surface area contributed by atoms with Crippen molar-refractivity contribution in [3.05, 3.63) is 75.5 Å². The van der Waals surface area contributed by atoms with Gasteiger partial charge in [0.25, 0.3) is 0 Å². The van der Waals surface area contributed by atoms with Crippen molar-refractivity contribution in [1.29, 1.82) is 5.26 Å². The van der Waals surface area contributed by atoms with E-state index in [1.54, 1.807) is 53.9 Å². The summed E-state index contributed by atoms with van der Waals surface area (Å²) < 4.78 is 7.50. The number of nitriles is 1. The lowest BCUT2D eigenvalue weighted by Crippen LogP contribution is -2.05. The van der Waals surface area contributed by atoms with Crippen LogP contribution in [0.3, 0.4) is 0 Å². The molecule has 0 amide bonds. The van der Waals surface area contributed by atoms with Crippen LogP contribution in [-0.2, 0) is 4.74 Å². The Hall–Kier alpha value is -2.91. The third-order valence-corrected chi connectivity index (χ3v) is 4.27. The highest BCUT2D eigenvalue weighted by atomic mass is 79.9. The van der Waals surface area contributed by atoms with Gasteiger partial charge in [-0.05, 0) is 49.4 Å². The summed E-state index contributed by atoms with van der Waals surface area (Å²) in [5.74, 6) is -0.800. The zero-order chi connectivity index (χ0) is 18.0. The minimum absolute atomic E-state index is 0.208. The molecule has 0 fully saturated rings. The summed E-state index contributed by atoms with van der Waals surface area (Å²) in [4.78, 5) is 25.2. The summed E-state index contributed by atoms with van der Waals surface area (Å²) >= 11 is 3.34. The lowest BCUT2D eigenvalue weighted by Gasteiger charge is -2.04. The van der Waals surface area contributed by atoms with Gasteiger partial charge in [-0.2, -0.15) is 5.26 Å². The highest BCUT2D eigenvalue weighted by molar-refractivity contribution is 9.10. The van der Waals surface area contributed by atoms with Crippen molar-refractivity contribution in [2.24, 2.45) is 0 Å². The Bertz CT molecular complexity index is 1010. The van der Waals surface area contributed by atoms with Crippen molar-refractivity contribution in [2.45, 2.75) is 6.92 Å². The van der Waals surface area contributed by atoms with Gasteiger partial charge < -0.3 is 9.14 Å². The number of carbonyl (C=O) groups is 2. The normalized spacial score (nSPS) is 10.4. The molecule has 2 aromatic heterocycles. The van der Waals surface area contributed by atoms with Gasteiger partial charge in [0, 0.05) is 16.2 Å². The zero-order valence-electron chi connectivity index (χ0n) is 13.3. The molecule has 0 saturated carbocycles. The molecule has 0 bridgehead atoms. The number of rotatable bonds is 4. The van der Waals surface area contributed by atoms with Crippen LogP contribution in [-0.4, -0.2) is 22.8 Å². The van der Waals surface area contributed by atoms with E-state index in [1.165, 1.54) is 6.07 Å². The molecule has 0 unspecified atom stereocenters. The molecule has 6 heteroatoms. The Morgan fingerprint density at radius 2 is 1.96 bits per heavy atom. The van der Waals surface area contributed by atoms with Crippen LogP contribution in [0.1, 0.15) is 38.9 Å². The predicted molar refractivity (Wildman–Crippen MR) is 95.6 cm³/mol. The van der Waals surface area contributed by atoms with Crippen molar-refractivity contribution >= 4 is 33.2 Å². The molecule has 0 aliphatic rings. The molecule has 0 spiro atoms. The summed E-state index contributed by atoms with van der Waals surface area (Å²) in [6.45, 7) is 1.91. The molecule has 2 heterocycles. The van der Waals surface area contributed by atoms with Gasteiger partial charge in [0.2, 0.25) is 5.78 Å². The summed E-state index contributed by atoms with van der Waals surface area (Å²) in [5, 5.41) is 9.36. The molecule has 0 radical (unpaired) electrons. The van der Waals surface area contributed by atoms with E-state index in [4.69, 9.17) is 4.74 Å². The van der Waals surface area contributed by atoms with E-state index in [-0.39, 0.29) is 18.0 Å². The molecule has 3 aromatic rings. The third kappa shape index (κ3) is 3.06. The number of benzene rings is 1. The maximum atomic E-state index is 12.9. The van der Waals surface area contributed by atoms with Crippen LogP contribution in [0.25, 0.3) is 5.52 Å². The van der Waals surface area contributed by atoms with Gasteiger partial charge in [0.05, 0.1) is 28.9 Å². The van der Waals surface area contributed by atoms with Gasteiger partial charge in [0.15, 0.2) is 0 Å². The molecule has 3 rings (SSSR count). The highest BCUT2D eigenvalue weighted by Gasteiger charge is 2.23. The fourth-order valence-electron chi connectivity index (χ4n) is 2.64. The molecular weight excluding hydrogens is 384 g/mol. The number of fused-ring (bicyclic) bond motifs is 1. The Morgan fingerprint density at radius 1 is 1.24 bits per heavy atom. The van der Waals surface area contributed by atoms with E-state index in [0.717, 1.165) is 4.47 Å². The monoisotopic (exact) mass is 396 g/mol. The second kappa shape index (κ2) is 6.91. The summed E-state index contributed by atoms with van der Waals surface area (Å²) in [7, 11) is 0. The van der Waals surface area contributed by atoms with Crippen LogP contribution >= 0.6 is 15.9 Å². The molecule has 1 aromatic carbocycles. The van der Waals surface area contributed by atoms with Crippen molar-refractivity contribution in [3.8, 4) is 6.07 Å². The maximum absolute atomic E-state index is 12.9. The van der Waals surface area contributed by atoms with Crippen molar-refractivity contribution < 1.29 is 14.3 Å². The summed E-state index contributed by atoms with van der Waals surface area (Å²) in [6.07, 6.45) is 1.66. The number of ether oxygens (including phenoxy) is 1. The first kappa shape index (κ1) is 16.9. The molecule has 25 heavy (non-hydrogen) atoms. The molecule has 0 saturated heterocycles. The third-order valence-electron chi connectivity index (χ3n) is 3.74. The average molecular weight is 397 g/mol. The van der Waals surface area contributed by atoms with E-state index in [0.29, 0.717) is 22.3 Å². The van der Waals surface area contributed by atoms with Gasteiger partial charge in [0.1, 0.15) is 6.07 Å². The number of ketones is 1. The number of hydrogen-bond acceptors (Lipinski definition) is 4. The maximum Gasteiger partial charge on any atom is 0.340 e. The van der Waals surface area contributed by atoms with Crippen LogP contribution in [0.2, 0.25) is 0 Å². The van der Waals surface area contributed by atoms with Crippen molar-refractivity contribution in [3.63, 3.8) is 0 Å². The summed E-state index contributed by atoms with van der Waals surface area (Å²) in [5.41, 5.74) is 1.68. The van der Waals surface area contributed by atoms with E-state index in [1.807, 2.05) is 0 Å². The zero-order valence-corrected chi connectivity index (χ0v) is 14.9.